The highest BCUT2D eigenvalue weighted by molar-refractivity contribution is 5.87. The van der Waals surface area contributed by atoms with E-state index in [1.807, 2.05) is 0 Å². The summed E-state index contributed by atoms with van der Waals surface area (Å²) >= 11 is 0. The van der Waals surface area contributed by atoms with Crippen molar-refractivity contribution >= 4 is 11.8 Å². The minimum atomic E-state index is -0.149. The zero-order chi connectivity index (χ0) is 13.8. The van der Waals surface area contributed by atoms with Crippen molar-refractivity contribution in [2.24, 2.45) is 17.6 Å². The minimum Gasteiger partial charge on any atom is -0.353 e. The Bertz CT molecular complexity index is 346. The lowest BCUT2D eigenvalue weighted by molar-refractivity contribution is -0.139. The molecular formula is C14H25N3O2. The number of hydrogen-bond donors (Lipinski definition) is 2. The van der Waals surface area contributed by atoms with Crippen molar-refractivity contribution < 1.29 is 9.59 Å². The molecule has 2 amide bonds. The number of rotatable bonds is 3. The van der Waals surface area contributed by atoms with Crippen LogP contribution in [-0.2, 0) is 9.59 Å². The zero-order valence-corrected chi connectivity index (χ0v) is 11.7. The predicted octanol–water partition coefficient (Wildman–Crippen LogP) is 0.489. The Morgan fingerprint density at radius 2 is 2.11 bits per heavy atom. The molecule has 0 aromatic rings. The molecule has 0 aromatic carbocycles. The summed E-state index contributed by atoms with van der Waals surface area (Å²) in [4.78, 5) is 25.6. The van der Waals surface area contributed by atoms with Gasteiger partial charge in [-0.1, -0.05) is 12.8 Å². The van der Waals surface area contributed by atoms with Crippen molar-refractivity contribution in [2.75, 3.05) is 20.1 Å². The summed E-state index contributed by atoms with van der Waals surface area (Å²) in [6.07, 6.45) is 5.62. The fourth-order valence-corrected chi connectivity index (χ4v) is 3.15. The second-order valence-corrected chi connectivity index (χ2v) is 5.90. The number of nitrogens with zero attached hydrogens (tertiary/aromatic N) is 1. The van der Waals surface area contributed by atoms with Gasteiger partial charge in [0.15, 0.2) is 0 Å². The van der Waals surface area contributed by atoms with E-state index in [1.165, 1.54) is 6.42 Å². The molecule has 2 rings (SSSR count). The van der Waals surface area contributed by atoms with Crippen LogP contribution in [0.1, 0.15) is 38.5 Å². The maximum absolute atomic E-state index is 12.3. The SMILES string of the molecule is CN1CCC(C(=O)NC2CCCCC2CN)CC1=O. The lowest BCUT2D eigenvalue weighted by atomic mass is 9.84. The van der Waals surface area contributed by atoms with Crippen LogP contribution in [0.2, 0.25) is 0 Å². The van der Waals surface area contributed by atoms with E-state index in [0.29, 0.717) is 25.4 Å². The molecule has 1 heterocycles. The van der Waals surface area contributed by atoms with Gasteiger partial charge in [0.25, 0.3) is 0 Å². The highest BCUT2D eigenvalue weighted by Gasteiger charge is 2.32. The molecule has 5 heteroatoms. The van der Waals surface area contributed by atoms with Gasteiger partial charge in [-0.2, -0.15) is 0 Å². The monoisotopic (exact) mass is 267 g/mol. The van der Waals surface area contributed by atoms with Crippen LogP contribution in [0.15, 0.2) is 0 Å². The van der Waals surface area contributed by atoms with Crippen molar-refractivity contribution in [1.29, 1.82) is 0 Å². The number of likely N-dealkylation sites (tertiary alicyclic amines) is 1. The number of carbonyl (C=O) groups is 2. The fourth-order valence-electron chi connectivity index (χ4n) is 3.15. The minimum absolute atomic E-state index is 0.0480. The van der Waals surface area contributed by atoms with E-state index in [0.717, 1.165) is 25.7 Å². The molecule has 1 saturated carbocycles. The molecule has 0 spiro atoms. The van der Waals surface area contributed by atoms with Crippen molar-refractivity contribution in [1.82, 2.24) is 10.2 Å². The Hall–Kier alpha value is -1.10. The molecule has 1 aliphatic heterocycles. The van der Waals surface area contributed by atoms with Gasteiger partial charge in [0.1, 0.15) is 0 Å². The third-order valence-corrected chi connectivity index (χ3v) is 4.57. The Balaban J connectivity index is 1.88. The van der Waals surface area contributed by atoms with Crippen LogP contribution >= 0.6 is 0 Å². The number of piperidine rings is 1. The molecule has 3 unspecified atom stereocenters. The van der Waals surface area contributed by atoms with Crippen LogP contribution in [0.5, 0.6) is 0 Å². The van der Waals surface area contributed by atoms with Gasteiger partial charge >= 0.3 is 0 Å². The van der Waals surface area contributed by atoms with Crippen molar-refractivity contribution in [3.63, 3.8) is 0 Å². The average molecular weight is 267 g/mol. The first-order valence-corrected chi connectivity index (χ1v) is 7.36. The largest absolute Gasteiger partial charge is 0.353 e. The first kappa shape index (κ1) is 14.3. The summed E-state index contributed by atoms with van der Waals surface area (Å²) in [6.45, 7) is 1.32. The maximum Gasteiger partial charge on any atom is 0.223 e. The molecule has 1 saturated heterocycles. The van der Waals surface area contributed by atoms with E-state index in [9.17, 15) is 9.59 Å². The zero-order valence-electron chi connectivity index (χ0n) is 11.7. The Labute approximate surface area is 114 Å². The quantitative estimate of drug-likeness (QED) is 0.781. The maximum atomic E-state index is 12.3. The van der Waals surface area contributed by atoms with Gasteiger partial charge in [-0.05, 0) is 31.7 Å². The molecule has 0 bridgehead atoms. The van der Waals surface area contributed by atoms with E-state index in [4.69, 9.17) is 5.73 Å². The van der Waals surface area contributed by atoms with E-state index in [1.54, 1.807) is 11.9 Å². The summed E-state index contributed by atoms with van der Waals surface area (Å²) in [5.41, 5.74) is 5.78. The third kappa shape index (κ3) is 3.47. The first-order valence-electron chi connectivity index (χ1n) is 7.36. The van der Waals surface area contributed by atoms with Gasteiger partial charge in [0.2, 0.25) is 11.8 Å². The molecule has 1 aliphatic carbocycles. The van der Waals surface area contributed by atoms with E-state index in [-0.39, 0.29) is 23.8 Å². The molecule has 5 nitrogen and oxygen atoms in total. The van der Waals surface area contributed by atoms with Gasteiger partial charge in [0.05, 0.1) is 0 Å². The van der Waals surface area contributed by atoms with Crippen molar-refractivity contribution in [2.45, 2.75) is 44.6 Å². The molecule has 0 aromatic heterocycles. The summed E-state index contributed by atoms with van der Waals surface area (Å²) < 4.78 is 0. The van der Waals surface area contributed by atoms with Crippen LogP contribution in [-0.4, -0.2) is 42.9 Å². The number of carbonyl (C=O) groups excluding carboxylic acids is 2. The molecule has 108 valence electrons. The Morgan fingerprint density at radius 1 is 1.37 bits per heavy atom. The highest BCUT2D eigenvalue weighted by atomic mass is 16.2. The van der Waals surface area contributed by atoms with Gasteiger partial charge in [-0.15, -0.1) is 0 Å². The summed E-state index contributed by atoms with van der Waals surface area (Å²) in [5, 5.41) is 3.14. The summed E-state index contributed by atoms with van der Waals surface area (Å²) in [6, 6.07) is 0.209. The van der Waals surface area contributed by atoms with Crippen molar-refractivity contribution in [3.8, 4) is 0 Å². The molecule has 2 aliphatic rings. The van der Waals surface area contributed by atoms with Crippen LogP contribution < -0.4 is 11.1 Å². The molecule has 0 radical (unpaired) electrons. The third-order valence-electron chi connectivity index (χ3n) is 4.57. The standard InChI is InChI=1S/C14H25N3O2/c1-17-7-6-10(8-13(17)18)14(19)16-12-5-3-2-4-11(12)9-15/h10-12H,2-9,15H2,1H3,(H,16,19). The smallest absolute Gasteiger partial charge is 0.223 e. The Morgan fingerprint density at radius 3 is 2.79 bits per heavy atom. The van der Waals surface area contributed by atoms with E-state index in [2.05, 4.69) is 5.32 Å². The number of amides is 2. The Kier molecular flexibility index (Phi) is 4.80. The van der Waals surface area contributed by atoms with Gasteiger partial charge in [-0.3, -0.25) is 9.59 Å². The molecule has 2 fully saturated rings. The molecule has 19 heavy (non-hydrogen) atoms. The number of nitrogens with two attached hydrogens (primary N) is 1. The topological polar surface area (TPSA) is 75.4 Å². The van der Waals surface area contributed by atoms with Crippen molar-refractivity contribution in [3.05, 3.63) is 0 Å². The van der Waals surface area contributed by atoms with Crippen LogP contribution in [0.3, 0.4) is 0 Å². The molecule has 3 atom stereocenters. The fraction of sp³-hybridized carbons (Fsp3) is 0.857. The van der Waals surface area contributed by atoms with Gasteiger partial charge in [0, 0.05) is 32.0 Å². The van der Waals surface area contributed by atoms with E-state index < -0.39 is 0 Å². The normalized spacial score (nSPS) is 32.2. The molecular weight excluding hydrogens is 242 g/mol. The van der Waals surface area contributed by atoms with Gasteiger partial charge in [-0.25, -0.2) is 0 Å². The van der Waals surface area contributed by atoms with E-state index >= 15 is 0 Å². The van der Waals surface area contributed by atoms with Crippen LogP contribution in [0, 0.1) is 11.8 Å². The predicted molar refractivity (Wildman–Crippen MR) is 73.3 cm³/mol. The summed E-state index contributed by atoms with van der Waals surface area (Å²) in [5.74, 6) is 0.376. The summed E-state index contributed by atoms with van der Waals surface area (Å²) in [7, 11) is 1.79. The molecule has 3 N–H and O–H groups in total. The lowest BCUT2D eigenvalue weighted by Crippen LogP contribution is -2.49. The lowest BCUT2D eigenvalue weighted by Gasteiger charge is -2.34. The highest BCUT2D eigenvalue weighted by Crippen LogP contribution is 2.25. The average Bonchev–Trinajstić information content (AvgIpc) is 2.42. The second-order valence-electron chi connectivity index (χ2n) is 5.90. The van der Waals surface area contributed by atoms with Crippen LogP contribution in [0.4, 0.5) is 0 Å². The number of hydrogen-bond acceptors (Lipinski definition) is 3. The first-order chi connectivity index (χ1) is 9.11. The second kappa shape index (κ2) is 6.37. The van der Waals surface area contributed by atoms with Crippen LogP contribution in [0.25, 0.3) is 0 Å². The van der Waals surface area contributed by atoms with Gasteiger partial charge < -0.3 is 16.0 Å². The number of nitrogens with one attached hydrogen (secondary N) is 1.